The normalized spacial score (nSPS) is 20.8. The van der Waals surface area contributed by atoms with Crippen LogP contribution in [0.15, 0.2) is 18.2 Å². The molecule has 1 N–H and O–H groups in total. The highest BCUT2D eigenvalue weighted by Crippen LogP contribution is 2.31. The molecule has 1 amide bonds. The second kappa shape index (κ2) is 4.55. The minimum absolute atomic E-state index is 0.187. The standard InChI is InChI=1S/C16H22N2O/c1-16(2)6-9-18(10-7-16)15(19)13-4-3-12-5-8-17-14(12)11-13/h3-4,11,17H,5-10H2,1-2H3. The average molecular weight is 258 g/mol. The summed E-state index contributed by atoms with van der Waals surface area (Å²) in [5.74, 6) is 0.187. The summed E-state index contributed by atoms with van der Waals surface area (Å²) in [6.07, 6.45) is 3.27. The number of carbonyl (C=O) groups excluding carboxylic acids is 1. The zero-order valence-electron chi connectivity index (χ0n) is 11.8. The average Bonchev–Trinajstić information content (AvgIpc) is 2.85. The smallest absolute Gasteiger partial charge is 0.253 e. The van der Waals surface area contributed by atoms with Gasteiger partial charge in [-0.1, -0.05) is 19.9 Å². The summed E-state index contributed by atoms with van der Waals surface area (Å²) in [7, 11) is 0. The summed E-state index contributed by atoms with van der Waals surface area (Å²) < 4.78 is 0. The molecule has 0 aromatic heterocycles. The van der Waals surface area contributed by atoms with Gasteiger partial charge in [-0.05, 0) is 42.4 Å². The van der Waals surface area contributed by atoms with E-state index in [2.05, 4.69) is 25.2 Å². The van der Waals surface area contributed by atoms with Crippen LogP contribution in [0.2, 0.25) is 0 Å². The molecule has 2 aliphatic heterocycles. The first-order chi connectivity index (χ1) is 9.05. The van der Waals surface area contributed by atoms with Crippen molar-refractivity contribution in [2.75, 3.05) is 25.0 Å². The van der Waals surface area contributed by atoms with Crippen LogP contribution in [0, 0.1) is 5.41 Å². The minimum atomic E-state index is 0.187. The lowest BCUT2D eigenvalue weighted by atomic mass is 9.82. The molecule has 0 saturated carbocycles. The molecule has 0 spiro atoms. The number of nitrogens with one attached hydrogen (secondary N) is 1. The number of amides is 1. The summed E-state index contributed by atoms with van der Waals surface area (Å²) >= 11 is 0. The number of hydrogen-bond donors (Lipinski definition) is 1. The number of likely N-dealkylation sites (tertiary alicyclic amines) is 1. The third-order valence-corrected chi connectivity index (χ3v) is 4.47. The van der Waals surface area contributed by atoms with Gasteiger partial charge in [0.2, 0.25) is 0 Å². The van der Waals surface area contributed by atoms with Crippen LogP contribution in [0.25, 0.3) is 0 Å². The third kappa shape index (κ3) is 2.46. The zero-order chi connectivity index (χ0) is 13.5. The van der Waals surface area contributed by atoms with Crippen LogP contribution < -0.4 is 5.32 Å². The SMILES string of the molecule is CC1(C)CCN(C(=O)c2ccc3c(c2)NCC3)CC1. The van der Waals surface area contributed by atoms with Crippen LogP contribution in [0.5, 0.6) is 0 Å². The number of rotatable bonds is 1. The fraction of sp³-hybridized carbons (Fsp3) is 0.562. The van der Waals surface area contributed by atoms with E-state index < -0.39 is 0 Å². The van der Waals surface area contributed by atoms with Gasteiger partial charge in [0.05, 0.1) is 0 Å². The lowest BCUT2D eigenvalue weighted by Gasteiger charge is -2.37. The van der Waals surface area contributed by atoms with Crippen LogP contribution >= 0.6 is 0 Å². The van der Waals surface area contributed by atoms with Crippen molar-refractivity contribution in [3.8, 4) is 0 Å². The van der Waals surface area contributed by atoms with E-state index in [1.54, 1.807) is 0 Å². The summed E-state index contributed by atoms with van der Waals surface area (Å²) in [6, 6.07) is 6.09. The Kier molecular flexibility index (Phi) is 3.00. The van der Waals surface area contributed by atoms with Gasteiger partial charge in [-0.25, -0.2) is 0 Å². The molecule has 1 aromatic rings. The largest absolute Gasteiger partial charge is 0.384 e. The van der Waals surface area contributed by atoms with Crippen molar-refractivity contribution in [3.05, 3.63) is 29.3 Å². The quantitative estimate of drug-likeness (QED) is 0.840. The number of anilines is 1. The molecular formula is C16H22N2O. The molecule has 3 rings (SSSR count). The number of benzene rings is 1. The number of carbonyl (C=O) groups is 1. The van der Waals surface area contributed by atoms with Gasteiger partial charge in [-0.15, -0.1) is 0 Å². The van der Waals surface area contributed by atoms with E-state index in [1.807, 2.05) is 17.0 Å². The van der Waals surface area contributed by atoms with E-state index in [0.29, 0.717) is 5.41 Å². The molecule has 3 heteroatoms. The molecule has 0 unspecified atom stereocenters. The van der Waals surface area contributed by atoms with E-state index in [0.717, 1.165) is 50.1 Å². The first-order valence-electron chi connectivity index (χ1n) is 7.21. The second-order valence-electron chi connectivity index (χ2n) is 6.51. The van der Waals surface area contributed by atoms with Crippen molar-refractivity contribution in [2.24, 2.45) is 5.41 Å². The van der Waals surface area contributed by atoms with Crippen LogP contribution in [-0.4, -0.2) is 30.4 Å². The second-order valence-corrected chi connectivity index (χ2v) is 6.51. The highest BCUT2D eigenvalue weighted by Gasteiger charge is 2.28. The Morgan fingerprint density at radius 3 is 2.74 bits per heavy atom. The molecule has 1 saturated heterocycles. The highest BCUT2D eigenvalue weighted by atomic mass is 16.2. The first kappa shape index (κ1) is 12.5. The summed E-state index contributed by atoms with van der Waals surface area (Å²) in [5, 5.41) is 3.34. The van der Waals surface area contributed by atoms with Crippen molar-refractivity contribution >= 4 is 11.6 Å². The van der Waals surface area contributed by atoms with E-state index in [-0.39, 0.29) is 5.91 Å². The number of hydrogen-bond acceptors (Lipinski definition) is 2. The third-order valence-electron chi connectivity index (χ3n) is 4.47. The summed E-state index contributed by atoms with van der Waals surface area (Å²) in [6.45, 7) is 7.33. The Hall–Kier alpha value is -1.51. The van der Waals surface area contributed by atoms with Gasteiger partial charge in [-0.2, -0.15) is 0 Å². The maximum Gasteiger partial charge on any atom is 0.253 e. The Bertz CT molecular complexity index is 497. The number of piperidine rings is 1. The van der Waals surface area contributed by atoms with Gasteiger partial charge in [0.15, 0.2) is 0 Å². The minimum Gasteiger partial charge on any atom is -0.384 e. The highest BCUT2D eigenvalue weighted by molar-refractivity contribution is 5.95. The van der Waals surface area contributed by atoms with Crippen molar-refractivity contribution in [1.29, 1.82) is 0 Å². The van der Waals surface area contributed by atoms with Crippen LogP contribution in [0.3, 0.4) is 0 Å². The van der Waals surface area contributed by atoms with E-state index >= 15 is 0 Å². The lowest BCUT2D eigenvalue weighted by molar-refractivity contribution is 0.0630. The molecule has 19 heavy (non-hydrogen) atoms. The predicted octanol–water partition coefficient (Wildman–Crippen LogP) is 2.92. The van der Waals surface area contributed by atoms with Gasteiger partial charge in [0.25, 0.3) is 5.91 Å². The van der Waals surface area contributed by atoms with Gasteiger partial charge in [-0.3, -0.25) is 4.79 Å². The molecule has 2 heterocycles. The van der Waals surface area contributed by atoms with Gasteiger partial charge in [0, 0.05) is 30.9 Å². The van der Waals surface area contributed by atoms with Crippen molar-refractivity contribution in [3.63, 3.8) is 0 Å². The van der Waals surface area contributed by atoms with Crippen molar-refractivity contribution in [1.82, 2.24) is 4.90 Å². The van der Waals surface area contributed by atoms with E-state index in [1.165, 1.54) is 5.56 Å². The topological polar surface area (TPSA) is 32.3 Å². The lowest BCUT2D eigenvalue weighted by Crippen LogP contribution is -2.41. The van der Waals surface area contributed by atoms with Gasteiger partial charge >= 0.3 is 0 Å². The molecule has 1 aromatic carbocycles. The molecule has 2 aliphatic rings. The number of nitrogens with zero attached hydrogens (tertiary/aromatic N) is 1. The molecule has 1 fully saturated rings. The Labute approximate surface area is 115 Å². The van der Waals surface area contributed by atoms with Crippen molar-refractivity contribution in [2.45, 2.75) is 33.1 Å². The molecule has 102 valence electrons. The van der Waals surface area contributed by atoms with Gasteiger partial charge in [0.1, 0.15) is 0 Å². The fourth-order valence-corrected chi connectivity index (χ4v) is 2.92. The molecular weight excluding hydrogens is 236 g/mol. The van der Waals surface area contributed by atoms with Crippen LogP contribution in [0.1, 0.15) is 42.6 Å². The Morgan fingerprint density at radius 1 is 1.26 bits per heavy atom. The van der Waals surface area contributed by atoms with Gasteiger partial charge < -0.3 is 10.2 Å². The Morgan fingerprint density at radius 2 is 2.00 bits per heavy atom. The van der Waals surface area contributed by atoms with E-state index in [9.17, 15) is 4.79 Å². The maximum absolute atomic E-state index is 12.5. The van der Waals surface area contributed by atoms with Crippen molar-refractivity contribution < 1.29 is 4.79 Å². The summed E-state index contributed by atoms with van der Waals surface area (Å²) in [5.41, 5.74) is 3.68. The van der Waals surface area contributed by atoms with Crippen LogP contribution in [-0.2, 0) is 6.42 Å². The number of fused-ring (bicyclic) bond motifs is 1. The molecule has 0 atom stereocenters. The van der Waals surface area contributed by atoms with E-state index in [4.69, 9.17) is 0 Å². The molecule has 0 radical (unpaired) electrons. The fourth-order valence-electron chi connectivity index (χ4n) is 2.92. The first-order valence-corrected chi connectivity index (χ1v) is 7.21. The maximum atomic E-state index is 12.5. The summed E-state index contributed by atoms with van der Waals surface area (Å²) in [4.78, 5) is 14.5. The van der Waals surface area contributed by atoms with Crippen LogP contribution in [0.4, 0.5) is 5.69 Å². The molecule has 0 aliphatic carbocycles. The molecule has 0 bridgehead atoms. The Balaban J connectivity index is 1.74. The molecule has 3 nitrogen and oxygen atoms in total. The predicted molar refractivity (Wildman–Crippen MR) is 77.6 cm³/mol. The monoisotopic (exact) mass is 258 g/mol. The zero-order valence-corrected chi connectivity index (χ0v) is 11.8.